The van der Waals surface area contributed by atoms with E-state index in [4.69, 9.17) is 49.5 Å². The largest absolute Gasteiger partial charge is 0.462 e. The zero-order valence-electron chi connectivity index (χ0n) is 38.9. The number of hydrogen-bond acceptors (Lipinski definition) is 17. The number of hydrogen-bond donors (Lipinski definition) is 7. The third kappa shape index (κ3) is 15.5. The molecule has 382 valence electrons. The standard InChI is InChI=1S/C28H35N6O7P.C16H20N5O6P.CH4/c1-18(2)40-26(35)19(3)33-42(37,41-22-11-6-5-7-12-22)17-21-10-8-9-20(15-21)16-34-25-23(30-28(34)36)24(29)31-27(32-25)39-14-13-38-4;1-26-5-6-27-15-19-13(17)12-14(20-15)21(16(22)18-12)8-10-3-2-4-11(7-10)9-28(23,24)25;/h5-12,15,18-19H,13-14,16-17H2,1-4H3,(H,30,36)(H,33,37)(H2,29,31,32);2-4,7H,5-6,8-9H2,1H3,(H,18,22)(H2,17,19,20)(H2,23,24,25);1H4/t19-,42?;;/m0../s1. The smallest absolute Gasteiger partial charge is 0.329 e. The molecule has 7 rings (SSSR count). The zero-order valence-corrected chi connectivity index (χ0v) is 40.7. The number of para-hydroxylation sites is 1. The number of carbonyl (C=O) groups is 1. The molecular formula is C45H59N11O13P2. The van der Waals surface area contributed by atoms with Gasteiger partial charge in [0.1, 0.15) is 36.0 Å². The second-order valence-corrected chi connectivity index (χ2v) is 19.7. The normalized spacial score (nSPS) is 12.7. The number of carbonyl (C=O) groups excluding carboxylic acids is 1. The van der Waals surface area contributed by atoms with Crippen LogP contribution in [-0.2, 0) is 53.5 Å². The van der Waals surface area contributed by atoms with Crippen LogP contribution in [0.3, 0.4) is 0 Å². The van der Waals surface area contributed by atoms with Gasteiger partial charge in [0.15, 0.2) is 22.9 Å². The predicted octanol–water partition coefficient (Wildman–Crippen LogP) is 4.57. The third-order valence-electron chi connectivity index (χ3n) is 9.83. The molecule has 0 bridgehead atoms. The van der Waals surface area contributed by atoms with Crippen molar-refractivity contribution in [3.63, 3.8) is 0 Å². The molecule has 0 saturated carbocycles. The number of fused-ring (bicyclic) bond motifs is 2. The van der Waals surface area contributed by atoms with Crippen molar-refractivity contribution in [1.82, 2.24) is 44.1 Å². The number of ether oxygens (including phenoxy) is 5. The van der Waals surface area contributed by atoms with E-state index in [1.165, 1.54) is 16.2 Å². The second kappa shape index (κ2) is 24.8. The average Bonchev–Trinajstić information content (AvgIpc) is 3.78. The number of benzene rings is 3. The number of nitrogens with zero attached hydrogens (tertiary/aromatic N) is 6. The fourth-order valence-electron chi connectivity index (χ4n) is 6.85. The number of esters is 1. The molecule has 4 aromatic heterocycles. The summed E-state index contributed by atoms with van der Waals surface area (Å²) >= 11 is 0. The van der Waals surface area contributed by atoms with Crippen LogP contribution in [-0.4, -0.2) is 108 Å². The molecule has 9 N–H and O–H groups in total. The van der Waals surface area contributed by atoms with Gasteiger partial charge in [0.2, 0.25) is 0 Å². The summed E-state index contributed by atoms with van der Waals surface area (Å²) in [7, 11) is -4.78. The summed E-state index contributed by atoms with van der Waals surface area (Å²) in [5, 5.41) is 2.87. The Morgan fingerprint density at radius 2 is 1.15 bits per heavy atom. The van der Waals surface area contributed by atoms with E-state index in [0.717, 1.165) is 5.56 Å². The molecule has 3 aromatic carbocycles. The van der Waals surface area contributed by atoms with Gasteiger partial charge in [-0.05, 0) is 55.2 Å². The van der Waals surface area contributed by atoms with E-state index >= 15 is 0 Å². The molecule has 0 aliphatic carbocycles. The van der Waals surface area contributed by atoms with Crippen molar-refractivity contribution in [3.8, 4) is 17.8 Å². The first-order chi connectivity index (χ1) is 33.3. The number of aromatic nitrogens is 8. The summed E-state index contributed by atoms with van der Waals surface area (Å²) in [5.74, 6) is -0.00282. The Labute approximate surface area is 407 Å². The number of rotatable bonds is 22. The van der Waals surface area contributed by atoms with Crippen LogP contribution in [0.5, 0.6) is 17.8 Å². The molecule has 0 aliphatic heterocycles. The van der Waals surface area contributed by atoms with Gasteiger partial charge < -0.3 is 59.4 Å². The molecule has 4 heterocycles. The molecule has 0 fully saturated rings. The van der Waals surface area contributed by atoms with Crippen molar-refractivity contribution in [1.29, 1.82) is 0 Å². The maximum atomic E-state index is 14.1. The van der Waals surface area contributed by atoms with Gasteiger partial charge in [-0.1, -0.05) is 74.2 Å². The Morgan fingerprint density at radius 1 is 0.690 bits per heavy atom. The third-order valence-corrected chi connectivity index (χ3v) is 12.7. The Hall–Kier alpha value is -6.91. The van der Waals surface area contributed by atoms with Gasteiger partial charge in [-0.2, -0.15) is 19.9 Å². The summed E-state index contributed by atoms with van der Waals surface area (Å²) in [4.78, 5) is 78.1. The molecular weight excluding hydrogens is 965 g/mol. The molecule has 24 nitrogen and oxygen atoms in total. The predicted molar refractivity (Wildman–Crippen MR) is 266 cm³/mol. The van der Waals surface area contributed by atoms with E-state index in [2.05, 4.69) is 35.0 Å². The first kappa shape index (κ1) is 55.0. The van der Waals surface area contributed by atoms with E-state index in [1.807, 2.05) is 18.2 Å². The number of nitrogen functional groups attached to an aromatic ring is 2. The number of nitrogens with one attached hydrogen (secondary N) is 3. The number of imidazole rings is 2. The first-order valence-electron chi connectivity index (χ1n) is 21.6. The van der Waals surface area contributed by atoms with Crippen LogP contribution in [0.15, 0.2) is 88.5 Å². The average molecular weight is 1020 g/mol. The van der Waals surface area contributed by atoms with Crippen LogP contribution in [0.1, 0.15) is 50.5 Å². The Balaban J connectivity index is 0.000000281. The van der Waals surface area contributed by atoms with Crippen molar-refractivity contribution in [3.05, 3.63) is 122 Å². The van der Waals surface area contributed by atoms with Gasteiger partial charge in [0.25, 0.3) is 0 Å². The lowest BCUT2D eigenvalue weighted by atomic mass is 10.1. The van der Waals surface area contributed by atoms with Crippen molar-refractivity contribution >= 4 is 55.0 Å². The lowest BCUT2D eigenvalue weighted by Crippen LogP contribution is -2.36. The molecule has 0 saturated heterocycles. The molecule has 0 spiro atoms. The summed E-state index contributed by atoms with van der Waals surface area (Å²) in [5.41, 5.74) is 14.7. The van der Waals surface area contributed by atoms with E-state index in [-0.39, 0.29) is 92.6 Å². The van der Waals surface area contributed by atoms with Gasteiger partial charge >= 0.3 is 44.5 Å². The summed E-state index contributed by atoms with van der Waals surface area (Å²) in [6.07, 6.45) is -0.741. The van der Waals surface area contributed by atoms with Crippen molar-refractivity contribution in [2.75, 3.05) is 52.1 Å². The second-order valence-electron chi connectivity index (χ2n) is 15.9. The lowest BCUT2D eigenvalue weighted by Gasteiger charge is -2.24. The Bertz CT molecular complexity index is 3120. The number of nitrogens with two attached hydrogens (primary N) is 2. The molecule has 1 unspecified atom stereocenters. The summed E-state index contributed by atoms with van der Waals surface area (Å²) in [6.45, 7) is 6.43. The van der Waals surface area contributed by atoms with Crippen LogP contribution < -0.4 is 41.9 Å². The number of H-pyrrole nitrogens is 2. The highest BCUT2D eigenvalue weighted by molar-refractivity contribution is 7.56. The fourth-order valence-corrected chi connectivity index (χ4v) is 9.57. The highest BCUT2D eigenvalue weighted by Crippen LogP contribution is 2.47. The number of aromatic amines is 2. The van der Waals surface area contributed by atoms with Crippen molar-refractivity contribution in [2.24, 2.45) is 0 Å². The highest BCUT2D eigenvalue weighted by atomic mass is 31.2. The molecule has 0 amide bonds. The van der Waals surface area contributed by atoms with Crippen molar-refractivity contribution in [2.45, 2.75) is 65.8 Å². The maximum Gasteiger partial charge on any atom is 0.329 e. The molecule has 0 radical (unpaired) electrons. The fraction of sp³-hybridized carbons (Fsp3) is 0.356. The van der Waals surface area contributed by atoms with Crippen molar-refractivity contribution < 1.29 is 51.9 Å². The van der Waals surface area contributed by atoms with E-state index < -0.39 is 38.5 Å². The number of anilines is 2. The van der Waals surface area contributed by atoms with Gasteiger partial charge in [-0.25, -0.2) is 14.7 Å². The summed E-state index contributed by atoms with van der Waals surface area (Å²) in [6, 6.07) is 21.7. The highest BCUT2D eigenvalue weighted by Gasteiger charge is 2.31. The molecule has 26 heteroatoms. The van der Waals surface area contributed by atoms with Crippen LogP contribution in [0.2, 0.25) is 0 Å². The minimum absolute atomic E-state index is 0. The van der Waals surface area contributed by atoms with Gasteiger partial charge in [0.05, 0.1) is 44.7 Å². The van der Waals surface area contributed by atoms with E-state index in [0.29, 0.717) is 41.2 Å². The Morgan fingerprint density at radius 3 is 1.61 bits per heavy atom. The zero-order chi connectivity index (χ0) is 50.6. The monoisotopic (exact) mass is 1020 g/mol. The molecule has 2 atom stereocenters. The van der Waals surface area contributed by atoms with E-state index in [9.17, 15) is 23.5 Å². The first-order valence-corrected chi connectivity index (χ1v) is 25.2. The topological polar surface area (TPSA) is 338 Å². The van der Waals surface area contributed by atoms with Crippen LogP contribution in [0.25, 0.3) is 22.3 Å². The van der Waals surface area contributed by atoms with Crippen LogP contribution >= 0.6 is 15.1 Å². The lowest BCUT2D eigenvalue weighted by molar-refractivity contribution is -0.149. The van der Waals surface area contributed by atoms with Crippen LogP contribution in [0.4, 0.5) is 11.6 Å². The summed E-state index contributed by atoms with van der Waals surface area (Å²) < 4.78 is 60.1. The van der Waals surface area contributed by atoms with Gasteiger partial charge in [-0.3, -0.25) is 23.1 Å². The minimum Gasteiger partial charge on any atom is -0.462 e. The number of methoxy groups -OCH3 is 2. The molecule has 7 aromatic rings. The van der Waals surface area contributed by atoms with Crippen LogP contribution in [0, 0.1) is 0 Å². The molecule has 0 aliphatic rings. The maximum absolute atomic E-state index is 14.1. The Kier molecular flexibility index (Phi) is 19.2. The van der Waals surface area contributed by atoms with E-state index in [1.54, 1.807) is 88.5 Å². The molecule has 71 heavy (non-hydrogen) atoms. The minimum atomic E-state index is -4.19. The van der Waals surface area contributed by atoms with Gasteiger partial charge in [0, 0.05) is 14.2 Å². The SMILES string of the molecule is C.COCCOc1nc(N)c2[nH]c(=O)n(Cc3cccc(CP(=O)(N[C@@H](C)C(=O)OC(C)C)Oc4ccccc4)c3)c2n1.COCCOc1nc(N)c2[nH]c(=O)n(Cc3cccc(CP(=O)(O)O)c3)c2n1. The quantitative estimate of drug-likeness (QED) is 0.0278. The van der Waals surface area contributed by atoms with Gasteiger partial charge in [-0.15, -0.1) is 0 Å².